The molecule has 0 N–H and O–H groups in total. The van der Waals surface area contributed by atoms with Crippen molar-refractivity contribution in [1.29, 1.82) is 0 Å². The molecule has 0 aliphatic carbocycles. The minimum absolute atomic E-state index is 0.0147. The molecule has 1 aromatic carbocycles. The average molecular weight is 200 g/mol. The zero-order valence-corrected chi connectivity index (χ0v) is 7.14. The Kier molecular flexibility index (Phi) is 3.34. The van der Waals surface area contributed by atoms with Crippen molar-refractivity contribution in [3.63, 3.8) is 0 Å². The van der Waals surface area contributed by atoms with Crippen LogP contribution in [0.2, 0.25) is 0 Å². The number of hydrogen-bond acceptors (Lipinski definition) is 1. The Hall–Kier alpha value is -1.71. The van der Waals surface area contributed by atoms with Gasteiger partial charge < -0.3 is 4.74 Å². The first-order valence-corrected chi connectivity index (χ1v) is 3.74. The van der Waals surface area contributed by atoms with Gasteiger partial charge in [-0.05, 0) is 17.7 Å². The molecular formula is C10H7F3O. The van der Waals surface area contributed by atoms with Gasteiger partial charge in [0.1, 0.15) is 5.75 Å². The fourth-order valence-corrected chi connectivity index (χ4v) is 0.814. The van der Waals surface area contributed by atoms with Crippen LogP contribution in [0, 0.1) is 0 Å². The Bertz CT molecular complexity index is 350. The summed E-state index contributed by atoms with van der Waals surface area (Å²) in [4.78, 5) is 0. The van der Waals surface area contributed by atoms with Gasteiger partial charge in [0.15, 0.2) is 0 Å². The Labute approximate surface area is 79.1 Å². The summed E-state index contributed by atoms with van der Waals surface area (Å²) in [6, 6.07) is 4.02. The molecule has 0 atom stereocenters. The molecule has 0 fully saturated rings. The maximum Gasteiger partial charge on any atom is 0.344 e. The lowest BCUT2D eigenvalue weighted by molar-refractivity contribution is 0.241. The lowest BCUT2D eigenvalue weighted by Crippen LogP contribution is -1.90. The number of halogens is 3. The quantitative estimate of drug-likeness (QED) is 0.675. The van der Waals surface area contributed by atoms with E-state index in [2.05, 4.69) is 11.3 Å². The summed E-state index contributed by atoms with van der Waals surface area (Å²) in [6.07, 6.45) is -0.899. The smallest absolute Gasteiger partial charge is 0.344 e. The van der Waals surface area contributed by atoms with E-state index in [1.165, 1.54) is 12.1 Å². The number of benzene rings is 1. The first-order valence-electron chi connectivity index (χ1n) is 3.74. The molecule has 4 heteroatoms. The van der Waals surface area contributed by atoms with Crippen molar-refractivity contribution in [3.05, 3.63) is 48.5 Å². The molecule has 0 unspecified atom stereocenters. The van der Waals surface area contributed by atoms with Gasteiger partial charge in [-0.15, -0.1) is 0 Å². The molecule has 0 aliphatic heterocycles. The highest BCUT2D eigenvalue weighted by Gasteiger charge is 2.06. The molecule has 0 bridgehead atoms. The number of hydrogen-bond donors (Lipinski definition) is 0. The van der Waals surface area contributed by atoms with Crippen LogP contribution < -0.4 is 4.74 Å². The zero-order valence-electron chi connectivity index (χ0n) is 7.14. The summed E-state index contributed by atoms with van der Waals surface area (Å²) >= 11 is 0. The zero-order chi connectivity index (χ0) is 10.6. The van der Waals surface area contributed by atoms with Crippen LogP contribution in [0.5, 0.6) is 5.75 Å². The average Bonchev–Trinajstić information content (AvgIpc) is 2.19. The Balaban J connectivity index is 2.79. The molecule has 0 spiro atoms. The third-order valence-electron chi connectivity index (χ3n) is 1.47. The van der Waals surface area contributed by atoms with E-state index < -0.39 is 12.1 Å². The van der Waals surface area contributed by atoms with Crippen LogP contribution in [0.15, 0.2) is 42.9 Å². The van der Waals surface area contributed by atoms with E-state index >= 15 is 0 Å². The lowest BCUT2D eigenvalue weighted by Gasteiger charge is -2.01. The summed E-state index contributed by atoms with van der Waals surface area (Å²) in [5, 5.41) is 0. The fraction of sp³-hybridized carbons (Fsp3) is 0. The Morgan fingerprint density at radius 1 is 1.14 bits per heavy atom. The SMILES string of the molecule is C=Cc1ccc(OC(F)=C(F)F)cc1. The van der Waals surface area contributed by atoms with Crippen LogP contribution in [0.1, 0.15) is 5.56 Å². The molecule has 0 heterocycles. The van der Waals surface area contributed by atoms with E-state index in [0.717, 1.165) is 5.56 Å². The Morgan fingerprint density at radius 3 is 2.14 bits per heavy atom. The van der Waals surface area contributed by atoms with E-state index in [9.17, 15) is 13.2 Å². The van der Waals surface area contributed by atoms with Gasteiger partial charge in [-0.2, -0.15) is 13.2 Å². The van der Waals surface area contributed by atoms with E-state index in [-0.39, 0.29) is 5.75 Å². The topological polar surface area (TPSA) is 9.23 Å². The number of ether oxygens (including phenoxy) is 1. The maximum atomic E-state index is 12.3. The van der Waals surface area contributed by atoms with Crippen LogP contribution in [0.4, 0.5) is 13.2 Å². The minimum atomic E-state index is -2.47. The van der Waals surface area contributed by atoms with Crippen molar-refractivity contribution >= 4 is 6.08 Å². The second-order valence-electron chi connectivity index (χ2n) is 2.41. The molecule has 0 radical (unpaired) electrons. The first kappa shape index (κ1) is 10.4. The molecule has 0 aliphatic rings. The fourth-order valence-electron chi connectivity index (χ4n) is 0.814. The molecule has 1 aromatic rings. The van der Waals surface area contributed by atoms with Crippen molar-refractivity contribution in [1.82, 2.24) is 0 Å². The van der Waals surface area contributed by atoms with Gasteiger partial charge in [0.05, 0.1) is 0 Å². The highest BCUT2D eigenvalue weighted by molar-refractivity contribution is 5.48. The molecular weight excluding hydrogens is 193 g/mol. The van der Waals surface area contributed by atoms with E-state index in [4.69, 9.17) is 0 Å². The van der Waals surface area contributed by atoms with Crippen molar-refractivity contribution < 1.29 is 17.9 Å². The van der Waals surface area contributed by atoms with Gasteiger partial charge in [-0.1, -0.05) is 24.8 Å². The molecule has 0 aromatic heterocycles. The van der Waals surface area contributed by atoms with Crippen molar-refractivity contribution in [2.24, 2.45) is 0 Å². The van der Waals surface area contributed by atoms with Crippen molar-refractivity contribution in [2.75, 3.05) is 0 Å². The van der Waals surface area contributed by atoms with Gasteiger partial charge >= 0.3 is 12.1 Å². The monoisotopic (exact) mass is 200 g/mol. The van der Waals surface area contributed by atoms with E-state index in [0.29, 0.717) is 0 Å². The second kappa shape index (κ2) is 4.50. The highest BCUT2D eigenvalue weighted by Crippen LogP contribution is 2.18. The summed E-state index contributed by atoms with van der Waals surface area (Å²) < 4.78 is 39.7. The van der Waals surface area contributed by atoms with Gasteiger partial charge in [0.2, 0.25) is 0 Å². The van der Waals surface area contributed by atoms with Crippen LogP contribution in [0.25, 0.3) is 6.08 Å². The highest BCUT2D eigenvalue weighted by atomic mass is 19.3. The first-order chi connectivity index (χ1) is 6.63. The molecule has 0 saturated carbocycles. The van der Waals surface area contributed by atoms with E-state index in [1.54, 1.807) is 18.2 Å². The minimum Gasteiger partial charge on any atom is -0.428 e. The summed E-state index contributed by atoms with van der Waals surface area (Å²) in [7, 11) is 0. The molecule has 74 valence electrons. The second-order valence-corrected chi connectivity index (χ2v) is 2.41. The predicted molar refractivity (Wildman–Crippen MR) is 47.5 cm³/mol. The summed E-state index contributed by atoms with van der Waals surface area (Å²) in [5.41, 5.74) is 0.794. The maximum absolute atomic E-state index is 12.3. The standard InChI is InChI=1S/C10H7F3O/c1-2-7-3-5-8(6-4-7)14-10(13)9(11)12/h2-6H,1H2. The van der Waals surface area contributed by atoms with Crippen LogP contribution in [-0.4, -0.2) is 0 Å². The molecule has 14 heavy (non-hydrogen) atoms. The van der Waals surface area contributed by atoms with Gasteiger partial charge in [0.25, 0.3) is 0 Å². The van der Waals surface area contributed by atoms with Gasteiger partial charge in [0, 0.05) is 0 Å². The summed E-state index contributed by atoms with van der Waals surface area (Å²) in [6.45, 7) is 3.51. The van der Waals surface area contributed by atoms with Crippen LogP contribution >= 0.6 is 0 Å². The third kappa shape index (κ3) is 2.65. The third-order valence-corrected chi connectivity index (χ3v) is 1.47. The molecule has 0 saturated heterocycles. The van der Waals surface area contributed by atoms with Crippen molar-refractivity contribution in [2.45, 2.75) is 0 Å². The van der Waals surface area contributed by atoms with Crippen molar-refractivity contribution in [3.8, 4) is 5.75 Å². The summed E-state index contributed by atoms with van der Waals surface area (Å²) in [5.74, 6) is 0.0147. The molecule has 0 amide bonds. The Morgan fingerprint density at radius 2 is 1.71 bits per heavy atom. The van der Waals surface area contributed by atoms with Crippen LogP contribution in [-0.2, 0) is 0 Å². The predicted octanol–water partition coefficient (Wildman–Crippen LogP) is 3.74. The van der Waals surface area contributed by atoms with E-state index in [1.807, 2.05) is 0 Å². The largest absolute Gasteiger partial charge is 0.428 e. The normalized spacial score (nSPS) is 9.36. The number of rotatable bonds is 3. The molecule has 1 nitrogen and oxygen atoms in total. The van der Waals surface area contributed by atoms with Gasteiger partial charge in [-0.25, -0.2) is 0 Å². The molecule has 1 rings (SSSR count). The lowest BCUT2D eigenvalue weighted by atomic mass is 10.2. The van der Waals surface area contributed by atoms with Gasteiger partial charge in [-0.3, -0.25) is 0 Å². The van der Waals surface area contributed by atoms with Crippen LogP contribution in [0.3, 0.4) is 0 Å².